The molecule has 8 nitrogen and oxygen atoms in total. The second-order valence-electron chi connectivity index (χ2n) is 7.53. The first-order valence-electron chi connectivity index (χ1n) is 10.3. The third-order valence-corrected chi connectivity index (χ3v) is 5.20. The van der Waals surface area contributed by atoms with E-state index in [-0.39, 0.29) is 36.4 Å². The second-order valence-corrected chi connectivity index (χ2v) is 7.53. The van der Waals surface area contributed by atoms with E-state index in [1.807, 2.05) is 24.3 Å². The minimum Gasteiger partial charge on any atom is -0.456 e. The molecule has 1 aromatic heterocycles. The van der Waals surface area contributed by atoms with Crippen molar-refractivity contribution in [2.45, 2.75) is 38.0 Å². The van der Waals surface area contributed by atoms with Crippen LogP contribution in [0.3, 0.4) is 0 Å². The van der Waals surface area contributed by atoms with Crippen molar-refractivity contribution in [2.24, 2.45) is 0 Å². The van der Waals surface area contributed by atoms with Gasteiger partial charge in [0, 0.05) is 25.7 Å². The molecule has 1 saturated heterocycles. The minimum atomic E-state index is -0.242. The molecule has 2 aromatic rings. The van der Waals surface area contributed by atoms with Crippen LogP contribution in [0.15, 0.2) is 42.7 Å². The number of carbonyl (C=O) groups excluding carboxylic acids is 2. The Hall–Kier alpha value is -2.68. The summed E-state index contributed by atoms with van der Waals surface area (Å²) < 4.78 is 12.1. The molecular formula is C22H27ClN4O4. The van der Waals surface area contributed by atoms with Gasteiger partial charge in [0.2, 0.25) is 5.91 Å². The molecule has 0 unspecified atom stereocenters. The molecular weight excluding hydrogens is 420 g/mol. The zero-order valence-corrected chi connectivity index (χ0v) is 18.0. The lowest BCUT2D eigenvalue weighted by Crippen LogP contribution is -2.54. The maximum absolute atomic E-state index is 12.4. The van der Waals surface area contributed by atoms with Crippen LogP contribution in [0.4, 0.5) is 0 Å². The van der Waals surface area contributed by atoms with Crippen LogP contribution in [-0.2, 0) is 16.1 Å². The predicted molar refractivity (Wildman–Crippen MR) is 118 cm³/mol. The Labute approximate surface area is 187 Å². The number of pyridine rings is 1. The summed E-state index contributed by atoms with van der Waals surface area (Å²) in [5.74, 6) is 0.853. The second kappa shape index (κ2) is 11.1. The maximum Gasteiger partial charge on any atom is 0.252 e. The molecule has 31 heavy (non-hydrogen) atoms. The van der Waals surface area contributed by atoms with Crippen molar-refractivity contribution in [3.63, 3.8) is 0 Å². The van der Waals surface area contributed by atoms with Crippen LogP contribution in [-0.4, -0.2) is 48.6 Å². The summed E-state index contributed by atoms with van der Waals surface area (Å²) in [6.07, 6.45) is 4.73. The number of halogens is 1. The molecule has 2 atom stereocenters. The zero-order chi connectivity index (χ0) is 20.8. The Kier molecular flexibility index (Phi) is 8.22. The first-order valence-corrected chi connectivity index (χ1v) is 10.3. The van der Waals surface area contributed by atoms with Crippen LogP contribution in [0, 0.1) is 0 Å². The van der Waals surface area contributed by atoms with Gasteiger partial charge in [0.05, 0.1) is 30.5 Å². The summed E-state index contributed by atoms with van der Waals surface area (Å²) in [4.78, 5) is 28.9. The van der Waals surface area contributed by atoms with Crippen molar-refractivity contribution in [1.29, 1.82) is 0 Å². The van der Waals surface area contributed by atoms with Crippen molar-refractivity contribution in [2.75, 3.05) is 19.6 Å². The molecule has 3 heterocycles. The Balaban J connectivity index is 0.00000272. The fourth-order valence-corrected chi connectivity index (χ4v) is 3.65. The quantitative estimate of drug-likeness (QED) is 0.573. The smallest absolute Gasteiger partial charge is 0.252 e. The molecule has 9 heteroatoms. The highest BCUT2D eigenvalue weighted by atomic mass is 35.5. The molecule has 4 rings (SSSR count). The SMILES string of the molecule is Cl.O=C1CCCNC(=O)c2cncc(c2)Oc2cccc(c2)CO[C@H]2CCNC[C@@H]2N1. The summed E-state index contributed by atoms with van der Waals surface area (Å²) in [5, 5.41) is 9.21. The third kappa shape index (κ3) is 6.40. The van der Waals surface area contributed by atoms with Gasteiger partial charge in [0.1, 0.15) is 11.5 Å². The van der Waals surface area contributed by atoms with Crippen LogP contribution in [0.5, 0.6) is 11.5 Å². The largest absolute Gasteiger partial charge is 0.456 e. The maximum atomic E-state index is 12.4. The standard InChI is InChI=1S/C22H26N4O4.ClH/c27-21-5-2-7-25-22(28)16-10-18(12-24-11-16)30-17-4-1-3-15(9-17)14-29-20-6-8-23-13-19(20)26-21;/h1,3-4,9-12,19-20,23H,2,5-8,13-14H2,(H,25,28)(H,26,27);1H/t19-,20-;/m0./s1. The fraction of sp³-hybridized carbons (Fsp3) is 0.409. The summed E-state index contributed by atoms with van der Waals surface area (Å²) in [6, 6.07) is 9.21. The van der Waals surface area contributed by atoms with Gasteiger partial charge in [0.15, 0.2) is 0 Å². The number of benzene rings is 1. The van der Waals surface area contributed by atoms with Crippen molar-refractivity contribution in [3.05, 3.63) is 53.9 Å². The molecule has 0 aliphatic carbocycles. The Morgan fingerprint density at radius 3 is 2.87 bits per heavy atom. The molecule has 4 bridgehead atoms. The van der Waals surface area contributed by atoms with Crippen molar-refractivity contribution < 1.29 is 19.1 Å². The van der Waals surface area contributed by atoms with Crippen molar-refractivity contribution >= 4 is 24.2 Å². The van der Waals surface area contributed by atoms with Crippen LogP contribution in [0.1, 0.15) is 35.2 Å². The fourth-order valence-electron chi connectivity index (χ4n) is 3.65. The number of amides is 2. The number of hydrogen-bond acceptors (Lipinski definition) is 6. The van der Waals surface area contributed by atoms with E-state index in [2.05, 4.69) is 20.9 Å². The Morgan fingerprint density at radius 1 is 1.06 bits per heavy atom. The van der Waals surface area contributed by atoms with E-state index in [0.717, 1.165) is 18.5 Å². The third-order valence-electron chi connectivity index (χ3n) is 5.20. The van der Waals surface area contributed by atoms with E-state index >= 15 is 0 Å². The van der Waals surface area contributed by atoms with Crippen LogP contribution in [0.25, 0.3) is 0 Å². The first-order chi connectivity index (χ1) is 14.7. The average Bonchev–Trinajstić information content (AvgIpc) is 2.76. The number of piperidine rings is 1. The van der Waals surface area contributed by atoms with Crippen molar-refractivity contribution in [3.8, 4) is 11.5 Å². The number of ether oxygens (including phenoxy) is 2. The zero-order valence-electron chi connectivity index (χ0n) is 17.1. The number of nitrogens with zero attached hydrogens (tertiary/aromatic N) is 1. The number of hydrogen-bond donors (Lipinski definition) is 3. The number of rotatable bonds is 0. The predicted octanol–water partition coefficient (Wildman–Crippen LogP) is 2.18. The van der Waals surface area contributed by atoms with Gasteiger partial charge in [0.25, 0.3) is 5.91 Å². The minimum absolute atomic E-state index is 0. The molecule has 166 valence electrons. The van der Waals surface area contributed by atoms with E-state index in [1.165, 1.54) is 6.20 Å². The lowest BCUT2D eigenvalue weighted by Gasteiger charge is -2.32. The molecule has 2 amide bonds. The Morgan fingerprint density at radius 2 is 1.97 bits per heavy atom. The van der Waals surface area contributed by atoms with Gasteiger partial charge in [-0.05, 0) is 43.1 Å². The molecule has 3 N–H and O–H groups in total. The molecule has 2 aliphatic heterocycles. The van der Waals surface area contributed by atoms with Gasteiger partial charge in [-0.1, -0.05) is 12.1 Å². The van der Waals surface area contributed by atoms with Gasteiger partial charge in [-0.2, -0.15) is 0 Å². The van der Waals surface area contributed by atoms with Crippen LogP contribution >= 0.6 is 12.4 Å². The highest BCUT2D eigenvalue weighted by Crippen LogP contribution is 2.23. The summed E-state index contributed by atoms with van der Waals surface area (Å²) in [5.41, 5.74) is 1.38. The van der Waals surface area contributed by atoms with Crippen LogP contribution < -0.4 is 20.7 Å². The normalized spacial score (nSPS) is 22.3. The lowest BCUT2D eigenvalue weighted by atomic mass is 10.0. The topological polar surface area (TPSA) is 102 Å². The van der Waals surface area contributed by atoms with Crippen molar-refractivity contribution in [1.82, 2.24) is 20.9 Å². The molecule has 2 aliphatic rings. The Bertz CT molecular complexity index is 911. The van der Waals surface area contributed by atoms with Crippen LogP contribution in [0.2, 0.25) is 0 Å². The van der Waals surface area contributed by atoms with E-state index < -0.39 is 0 Å². The average molecular weight is 447 g/mol. The van der Waals surface area contributed by atoms with Gasteiger partial charge in [-0.25, -0.2) is 0 Å². The molecule has 1 aromatic carbocycles. The number of nitrogens with one attached hydrogen (secondary N) is 3. The molecule has 0 radical (unpaired) electrons. The lowest BCUT2D eigenvalue weighted by molar-refractivity contribution is -0.123. The van der Waals surface area contributed by atoms with E-state index in [9.17, 15) is 9.59 Å². The highest BCUT2D eigenvalue weighted by molar-refractivity contribution is 5.94. The highest BCUT2D eigenvalue weighted by Gasteiger charge is 2.27. The summed E-state index contributed by atoms with van der Waals surface area (Å²) in [6.45, 7) is 2.37. The summed E-state index contributed by atoms with van der Waals surface area (Å²) >= 11 is 0. The molecule has 0 spiro atoms. The summed E-state index contributed by atoms with van der Waals surface area (Å²) in [7, 11) is 0. The van der Waals surface area contributed by atoms with Gasteiger partial charge >= 0.3 is 0 Å². The molecule has 1 fully saturated rings. The van der Waals surface area contributed by atoms with Gasteiger partial charge in [-0.3, -0.25) is 14.6 Å². The monoisotopic (exact) mass is 446 g/mol. The first kappa shape index (κ1) is 23.0. The van der Waals surface area contributed by atoms with E-state index in [0.29, 0.717) is 49.6 Å². The number of aromatic nitrogens is 1. The van der Waals surface area contributed by atoms with E-state index in [1.54, 1.807) is 12.3 Å². The van der Waals surface area contributed by atoms with Gasteiger partial charge < -0.3 is 25.4 Å². The number of fused-ring (bicyclic) bond motifs is 5. The number of carbonyl (C=O) groups is 2. The van der Waals surface area contributed by atoms with E-state index in [4.69, 9.17) is 9.47 Å². The molecule has 0 saturated carbocycles. The van der Waals surface area contributed by atoms with Gasteiger partial charge in [-0.15, -0.1) is 12.4 Å².